The number of rotatable bonds is 5. The average molecular weight is 331 g/mol. The van der Waals surface area contributed by atoms with E-state index in [-0.39, 0.29) is 0 Å². The van der Waals surface area contributed by atoms with Gasteiger partial charge in [-0.1, -0.05) is 13.3 Å². The number of nitrogens with zero attached hydrogens (tertiary/aromatic N) is 1. The summed E-state index contributed by atoms with van der Waals surface area (Å²) in [6.07, 6.45) is 4.92. The molecule has 1 aliphatic rings. The normalized spacial score (nSPS) is 25.5. The molecule has 0 aliphatic carbocycles. The van der Waals surface area contributed by atoms with E-state index in [1.165, 1.54) is 48.1 Å². The Hall–Kier alpha value is 0.100. The van der Waals surface area contributed by atoms with E-state index in [2.05, 4.69) is 39.2 Å². The van der Waals surface area contributed by atoms with E-state index in [9.17, 15) is 0 Å². The van der Waals surface area contributed by atoms with Gasteiger partial charge in [0.1, 0.15) is 0 Å². The number of unbranched alkanes of at least 4 members (excludes halogenated alkanes) is 1. The van der Waals surface area contributed by atoms with Crippen LogP contribution in [0.3, 0.4) is 0 Å². The van der Waals surface area contributed by atoms with Crippen molar-refractivity contribution in [1.82, 2.24) is 4.90 Å². The van der Waals surface area contributed by atoms with Gasteiger partial charge in [-0.2, -0.15) is 0 Å². The van der Waals surface area contributed by atoms with Gasteiger partial charge in [-0.05, 0) is 64.7 Å². The third-order valence-corrected chi connectivity index (χ3v) is 5.17. The Morgan fingerprint density at radius 3 is 3.00 bits per heavy atom. The van der Waals surface area contributed by atoms with Crippen LogP contribution in [0.1, 0.15) is 31.7 Å². The van der Waals surface area contributed by atoms with Crippen molar-refractivity contribution in [2.24, 2.45) is 11.7 Å². The van der Waals surface area contributed by atoms with Gasteiger partial charge >= 0.3 is 0 Å². The monoisotopic (exact) mass is 330 g/mol. The molecule has 18 heavy (non-hydrogen) atoms. The molecular weight excluding hydrogens is 308 g/mol. The van der Waals surface area contributed by atoms with Gasteiger partial charge in [0.25, 0.3) is 0 Å². The highest BCUT2D eigenvalue weighted by Crippen LogP contribution is 2.26. The Labute approximate surface area is 123 Å². The zero-order valence-electron chi connectivity index (χ0n) is 11.1. The molecule has 2 N–H and O–H groups in total. The highest BCUT2D eigenvalue weighted by atomic mass is 79.9. The molecule has 1 saturated heterocycles. The van der Waals surface area contributed by atoms with E-state index in [0.29, 0.717) is 6.04 Å². The third-order valence-electron chi connectivity index (χ3n) is 3.62. The van der Waals surface area contributed by atoms with E-state index in [1.807, 2.05) is 0 Å². The van der Waals surface area contributed by atoms with E-state index in [4.69, 9.17) is 5.73 Å². The van der Waals surface area contributed by atoms with Crippen LogP contribution in [-0.2, 0) is 6.42 Å². The molecule has 2 heterocycles. The standard InChI is InChI=1S/C14H23BrN2S/c1-2-3-4-17-8-11(6-13(16)9-17)5-12-7-14(15)18-10-12/h7,10-11,13H,2-6,8-9,16H2,1H3. The summed E-state index contributed by atoms with van der Waals surface area (Å²) in [6.45, 7) is 5.78. The molecule has 1 fully saturated rings. The lowest BCUT2D eigenvalue weighted by atomic mass is 9.90. The second-order valence-electron chi connectivity index (χ2n) is 5.44. The molecule has 2 atom stereocenters. The van der Waals surface area contributed by atoms with E-state index in [1.54, 1.807) is 11.3 Å². The summed E-state index contributed by atoms with van der Waals surface area (Å²) in [5.41, 5.74) is 7.66. The van der Waals surface area contributed by atoms with Gasteiger partial charge in [-0.3, -0.25) is 0 Å². The minimum Gasteiger partial charge on any atom is -0.327 e. The van der Waals surface area contributed by atoms with Crippen LogP contribution in [0.2, 0.25) is 0 Å². The largest absolute Gasteiger partial charge is 0.327 e. The fourth-order valence-corrected chi connectivity index (χ4v) is 4.07. The summed E-state index contributed by atoms with van der Waals surface area (Å²) < 4.78 is 1.24. The Balaban J connectivity index is 1.87. The summed E-state index contributed by atoms with van der Waals surface area (Å²) in [5.74, 6) is 0.729. The van der Waals surface area contributed by atoms with Crippen LogP contribution in [0.4, 0.5) is 0 Å². The summed E-state index contributed by atoms with van der Waals surface area (Å²) >= 11 is 5.32. The van der Waals surface area contributed by atoms with Crippen molar-refractivity contribution in [1.29, 1.82) is 0 Å². The maximum absolute atomic E-state index is 6.20. The molecule has 4 heteroatoms. The summed E-state index contributed by atoms with van der Waals surface area (Å²) in [4.78, 5) is 2.56. The average Bonchev–Trinajstić information content (AvgIpc) is 2.71. The highest BCUT2D eigenvalue weighted by Gasteiger charge is 2.24. The van der Waals surface area contributed by atoms with Crippen LogP contribution >= 0.6 is 27.3 Å². The molecule has 0 saturated carbocycles. The third kappa shape index (κ3) is 4.34. The zero-order valence-corrected chi connectivity index (χ0v) is 13.5. The maximum atomic E-state index is 6.20. The molecule has 1 aliphatic heterocycles. The van der Waals surface area contributed by atoms with E-state index >= 15 is 0 Å². The van der Waals surface area contributed by atoms with E-state index in [0.717, 1.165) is 12.5 Å². The first-order valence-corrected chi connectivity index (χ1v) is 8.55. The molecule has 2 unspecified atom stereocenters. The second-order valence-corrected chi connectivity index (χ2v) is 7.73. The SMILES string of the molecule is CCCCN1CC(N)CC(Cc2csc(Br)c2)C1. The van der Waals surface area contributed by atoms with Crippen molar-refractivity contribution in [3.63, 3.8) is 0 Å². The van der Waals surface area contributed by atoms with Crippen LogP contribution in [0.5, 0.6) is 0 Å². The van der Waals surface area contributed by atoms with Crippen LogP contribution in [-0.4, -0.2) is 30.6 Å². The first-order chi connectivity index (χ1) is 8.67. The van der Waals surface area contributed by atoms with Gasteiger partial charge in [0.05, 0.1) is 3.79 Å². The van der Waals surface area contributed by atoms with Crippen molar-refractivity contribution in [3.8, 4) is 0 Å². The van der Waals surface area contributed by atoms with Crippen LogP contribution in [0.25, 0.3) is 0 Å². The lowest BCUT2D eigenvalue weighted by Gasteiger charge is -2.36. The summed E-state index contributed by atoms with van der Waals surface area (Å²) in [5, 5.41) is 2.26. The molecule has 0 aromatic carbocycles. The molecule has 0 radical (unpaired) electrons. The Kier molecular flexibility index (Phi) is 5.67. The highest BCUT2D eigenvalue weighted by molar-refractivity contribution is 9.11. The van der Waals surface area contributed by atoms with Crippen molar-refractivity contribution in [2.45, 2.75) is 38.6 Å². The van der Waals surface area contributed by atoms with E-state index < -0.39 is 0 Å². The molecule has 0 spiro atoms. The lowest BCUT2D eigenvalue weighted by Crippen LogP contribution is -2.47. The summed E-state index contributed by atoms with van der Waals surface area (Å²) in [6, 6.07) is 2.61. The number of nitrogens with two attached hydrogens (primary N) is 1. The molecule has 2 nitrogen and oxygen atoms in total. The Bertz CT molecular complexity index is 366. The molecule has 2 rings (SSSR count). The van der Waals surface area contributed by atoms with Gasteiger partial charge in [0.15, 0.2) is 0 Å². The van der Waals surface area contributed by atoms with Gasteiger partial charge in [0.2, 0.25) is 0 Å². The first-order valence-electron chi connectivity index (χ1n) is 6.88. The Morgan fingerprint density at radius 2 is 2.33 bits per heavy atom. The number of likely N-dealkylation sites (tertiary alicyclic amines) is 1. The minimum absolute atomic E-state index is 0.364. The second kappa shape index (κ2) is 7.04. The van der Waals surface area contributed by atoms with Gasteiger partial charge in [-0.25, -0.2) is 0 Å². The van der Waals surface area contributed by atoms with Crippen molar-refractivity contribution < 1.29 is 0 Å². The predicted molar refractivity (Wildman–Crippen MR) is 83.2 cm³/mol. The van der Waals surface area contributed by atoms with Crippen LogP contribution in [0.15, 0.2) is 15.2 Å². The minimum atomic E-state index is 0.364. The maximum Gasteiger partial charge on any atom is 0.0701 e. The van der Waals surface area contributed by atoms with Crippen molar-refractivity contribution in [3.05, 3.63) is 20.8 Å². The predicted octanol–water partition coefficient (Wildman–Crippen LogP) is 3.50. The lowest BCUT2D eigenvalue weighted by molar-refractivity contribution is 0.154. The number of hydrogen-bond acceptors (Lipinski definition) is 3. The molecule has 0 amide bonds. The van der Waals surface area contributed by atoms with Crippen molar-refractivity contribution >= 4 is 27.3 Å². The zero-order chi connectivity index (χ0) is 13.0. The molecule has 1 aromatic heterocycles. The van der Waals surface area contributed by atoms with Gasteiger partial charge in [-0.15, -0.1) is 11.3 Å². The van der Waals surface area contributed by atoms with Crippen molar-refractivity contribution in [2.75, 3.05) is 19.6 Å². The smallest absolute Gasteiger partial charge is 0.0701 e. The molecule has 0 bridgehead atoms. The quantitative estimate of drug-likeness (QED) is 0.895. The topological polar surface area (TPSA) is 29.3 Å². The first kappa shape index (κ1) is 14.5. The molecule has 102 valence electrons. The molecular formula is C14H23BrN2S. The number of thiophene rings is 1. The molecule has 1 aromatic rings. The fourth-order valence-electron chi connectivity index (χ4n) is 2.85. The fraction of sp³-hybridized carbons (Fsp3) is 0.714. The van der Waals surface area contributed by atoms with Gasteiger partial charge in [0, 0.05) is 19.1 Å². The van der Waals surface area contributed by atoms with Crippen LogP contribution < -0.4 is 5.73 Å². The van der Waals surface area contributed by atoms with Gasteiger partial charge < -0.3 is 10.6 Å². The Morgan fingerprint density at radius 1 is 1.50 bits per heavy atom. The number of hydrogen-bond donors (Lipinski definition) is 1. The summed E-state index contributed by atoms with van der Waals surface area (Å²) in [7, 11) is 0. The number of halogens is 1. The number of piperidine rings is 1. The van der Waals surface area contributed by atoms with Crippen LogP contribution in [0, 0.1) is 5.92 Å².